The zero-order valence-electron chi connectivity index (χ0n) is 16.5. The number of nitrogens with zero attached hydrogens (tertiary/aromatic N) is 2. The van der Waals surface area contributed by atoms with Gasteiger partial charge < -0.3 is 9.64 Å². The van der Waals surface area contributed by atoms with Crippen LogP contribution in [-0.2, 0) is 20.6 Å². The number of sulfonamides is 1. The van der Waals surface area contributed by atoms with Crippen LogP contribution < -0.4 is 4.74 Å². The van der Waals surface area contributed by atoms with E-state index in [-0.39, 0.29) is 11.7 Å². The number of carbonyl (C=O) groups is 1. The molecular formula is C22H26N2O4S. The van der Waals surface area contributed by atoms with E-state index in [9.17, 15) is 13.2 Å². The molecule has 0 spiro atoms. The predicted molar refractivity (Wildman–Crippen MR) is 114 cm³/mol. The fraction of sp³-hybridized carbons (Fsp3) is 0.318. The molecule has 0 aromatic heterocycles. The van der Waals surface area contributed by atoms with Crippen LogP contribution in [0.1, 0.15) is 18.1 Å². The number of piperazine rings is 1. The molecule has 1 aliphatic heterocycles. The molecule has 0 radical (unpaired) electrons. The number of rotatable bonds is 7. The van der Waals surface area contributed by atoms with Crippen LogP contribution in [0.2, 0.25) is 0 Å². The monoisotopic (exact) mass is 414 g/mol. The van der Waals surface area contributed by atoms with Crippen LogP contribution in [0.4, 0.5) is 0 Å². The number of benzene rings is 2. The first-order valence-corrected chi connectivity index (χ1v) is 11.3. The van der Waals surface area contributed by atoms with Crippen molar-refractivity contribution in [3.63, 3.8) is 0 Å². The Morgan fingerprint density at radius 3 is 2.34 bits per heavy atom. The highest BCUT2D eigenvalue weighted by molar-refractivity contribution is 7.88. The molecule has 3 rings (SSSR count). The van der Waals surface area contributed by atoms with Crippen LogP contribution in [0.25, 0.3) is 6.08 Å². The van der Waals surface area contributed by atoms with Crippen molar-refractivity contribution in [1.29, 1.82) is 0 Å². The van der Waals surface area contributed by atoms with Crippen molar-refractivity contribution in [3.05, 3.63) is 71.8 Å². The summed E-state index contributed by atoms with van der Waals surface area (Å²) in [5.41, 5.74) is 1.61. The molecule has 7 heteroatoms. The Labute approximate surface area is 172 Å². The van der Waals surface area contributed by atoms with Gasteiger partial charge in [0.15, 0.2) is 0 Å². The first kappa shape index (κ1) is 21.1. The molecule has 1 fully saturated rings. The lowest BCUT2D eigenvalue weighted by Crippen LogP contribution is -2.50. The summed E-state index contributed by atoms with van der Waals surface area (Å²) in [4.78, 5) is 14.2. The second-order valence-electron chi connectivity index (χ2n) is 6.77. The summed E-state index contributed by atoms with van der Waals surface area (Å²) in [7, 11) is -3.39. The third kappa shape index (κ3) is 5.68. The molecule has 0 aliphatic carbocycles. The smallest absolute Gasteiger partial charge is 0.246 e. The minimum absolute atomic E-state index is 0.0180. The zero-order chi connectivity index (χ0) is 20.7. The van der Waals surface area contributed by atoms with E-state index >= 15 is 0 Å². The summed E-state index contributed by atoms with van der Waals surface area (Å²) in [6.45, 7) is 3.85. The summed E-state index contributed by atoms with van der Waals surface area (Å²) in [6.07, 6.45) is 3.26. The Bertz CT molecular complexity index is 950. The van der Waals surface area contributed by atoms with Gasteiger partial charge in [-0.25, -0.2) is 8.42 Å². The van der Waals surface area contributed by atoms with Crippen LogP contribution in [0.3, 0.4) is 0 Å². The second kappa shape index (κ2) is 9.71. The molecule has 1 amide bonds. The minimum Gasteiger partial charge on any atom is -0.493 e. The van der Waals surface area contributed by atoms with Gasteiger partial charge in [-0.1, -0.05) is 48.5 Å². The Hall–Kier alpha value is -2.64. The Morgan fingerprint density at radius 2 is 1.66 bits per heavy atom. The molecule has 0 atom stereocenters. The molecule has 0 unspecified atom stereocenters. The number of amides is 1. The molecule has 1 saturated heterocycles. The van der Waals surface area contributed by atoms with Gasteiger partial charge >= 0.3 is 0 Å². The van der Waals surface area contributed by atoms with Crippen molar-refractivity contribution in [1.82, 2.24) is 9.21 Å². The minimum atomic E-state index is -3.39. The van der Waals surface area contributed by atoms with Gasteiger partial charge in [-0.3, -0.25) is 4.79 Å². The standard InChI is InChI=1S/C22H26N2O4S/c1-2-28-21-11-7-6-10-20(21)12-13-22(25)23-14-16-24(17-15-23)29(26,27)18-19-8-4-3-5-9-19/h3-13H,2,14-18H2,1H3/b13-12+. The van der Waals surface area contributed by atoms with Crippen molar-refractivity contribution >= 4 is 22.0 Å². The molecule has 0 saturated carbocycles. The summed E-state index contributed by atoms with van der Waals surface area (Å²) >= 11 is 0. The highest BCUT2D eigenvalue weighted by atomic mass is 32.2. The molecule has 0 N–H and O–H groups in total. The number of ether oxygens (including phenoxy) is 1. The number of para-hydroxylation sites is 1. The van der Waals surface area contributed by atoms with Crippen molar-refractivity contribution in [2.75, 3.05) is 32.8 Å². The first-order valence-electron chi connectivity index (χ1n) is 9.70. The van der Waals surface area contributed by atoms with E-state index in [0.29, 0.717) is 32.8 Å². The van der Waals surface area contributed by atoms with Gasteiger partial charge in [0, 0.05) is 37.8 Å². The molecule has 154 valence electrons. The van der Waals surface area contributed by atoms with Crippen molar-refractivity contribution in [3.8, 4) is 5.75 Å². The maximum atomic E-state index is 12.6. The molecule has 2 aromatic carbocycles. The van der Waals surface area contributed by atoms with E-state index in [1.54, 1.807) is 11.0 Å². The molecule has 1 aliphatic rings. The number of hydrogen-bond donors (Lipinski definition) is 0. The maximum Gasteiger partial charge on any atom is 0.246 e. The SMILES string of the molecule is CCOc1ccccc1/C=C/C(=O)N1CCN(S(=O)(=O)Cc2ccccc2)CC1. The zero-order valence-corrected chi connectivity index (χ0v) is 17.3. The van der Waals surface area contributed by atoms with Crippen LogP contribution in [0.5, 0.6) is 5.75 Å². The van der Waals surface area contributed by atoms with Crippen LogP contribution in [-0.4, -0.2) is 56.3 Å². The van der Waals surface area contributed by atoms with Crippen LogP contribution in [0.15, 0.2) is 60.7 Å². The number of hydrogen-bond acceptors (Lipinski definition) is 4. The Kier molecular flexibility index (Phi) is 7.06. The van der Waals surface area contributed by atoms with Gasteiger partial charge in [-0.05, 0) is 24.6 Å². The lowest BCUT2D eigenvalue weighted by atomic mass is 10.2. The second-order valence-corrected chi connectivity index (χ2v) is 8.74. The van der Waals surface area contributed by atoms with E-state index in [1.165, 1.54) is 10.4 Å². The van der Waals surface area contributed by atoms with Gasteiger partial charge in [0.25, 0.3) is 0 Å². The molecule has 2 aromatic rings. The van der Waals surface area contributed by atoms with Gasteiger partial charge in [0.2, 0.25) is 15.9 Å². The number of carbonyl (C=O) groups excluding carboxylic acids is 1. The Morgan fingerprint density at radius 1 is 1.00 bits per heavy atom. The van der Waals surface area contributed by atoms with Crippen LogP contribution >= 0.6 is 0 Å². The molecule has 0 bridgehead atoms. The summed E-state index contributed by atoms with van der Waals surface area (Å²) in [5, 5.41) is 0. The molecule has 1 heterocycles. The molecular weight excluding hydrogens is 388 g/mol. The lowest BCUT2D eigenvalue weighted by molar-refractivity contribution is -0.127. The lowest BCUT2D eigenvalue weighted by Gasteiger charge is -2.33. The maximum absolute atomic E-state index is 12.6. The van der Waals surface area contributed by atoms with Crippen molar-refractivity contribution in [2.24, 2.45) is 0 Å². The average molecular weight is 415 g/mol. The molecule has 29 heavy (non-hydrogen) atoms. The fourth-order valence-electron chi connectivity index (χ4n) is 3.23. The third-order valence-electron chi connectivity index (χ3n) is 4.76. The quantitative estimate of drug-likeness (QED) is 0.654. The van der Waals surface area contributed by atoms with Crippen molar-refractivity contribution < 1.29 is 17.9 Å². The summed E-state index contributed by atoms with van der Waals surface area (Å²) < 4.78 is 32.3. The largest absolute Gasteiger partial charge is 0.493 e. The van der Waals surface area contributed by atoms with Gasteiger partial charge in [0.05, 0.1) is 12.4 Å². The van der Waals surface area contributed by atoms with Gasteiger partial charge in [-0.15, -0.1) is 0 Å². The predicted octanol–water partition coefficient (Wildman–Crippen LogP) is 2.77. The molecule has 6 nitrogen and oxygen atoms in total. The highest BCUT2D eigenvalue weighted by Crippen LogP contribution is 2.20. The topological polar surface area (TPSA) is 66.9 Å². The van der Waals surface area contributed by atoms with E-state index in [2.05, 4.69) is 0 Å². The average Bonchev–Trinajstić information content (AvgIpc) is 2.73. The Balaban J connectivity index is 1.57. The van der Waals surface area contributed by atoms with Gasteiger partial charge in [-0.2, -0.15) is 4.31 Å². The van der Waals surface area contributed by atoms with E-state index in [1.807, 2.05) is 61.5 Å². The van der Waals surface area contributed by atoms with Crippen molar-refractivity contribution in [2.45, 2.75) is 12.7 Å². The van der Waals surface area contributed by atoms with E-state index < -0.39 is 10.0 Å². The van der Waals surface area contributed by atoms with E-state index in [4.69, 9.17) is 4.74 Å². The fourth-order valence-corrected chi connectivity index (χ4v) is 4.75. The van der Waals surface area contributed by atoms with Crippen LogP contribution in [0, 0.1) is 0 Å². The van der Waals surface area contributed by atoms with E-state index in [0.717, 1.165) is 16.9 Å². The summed E-state index contributed by atoms with van der Waals surface area (Å²) in [6, 6.07) is 16.7. The third-order valence-corrected chi connectivity index (χ3v) is 6.61. The first-order chi connectivity index (χ1) is 14.0. The summed E-state index contributed by atoms with van der Waals surface area (Å²) in [5.74, 6) is 0.586. The van der Waals surface area contributed by atoms with Gasteiger partial charge in [0.1, 0.15) is 5.75 Å². The highest BCUT2D eigenvalue weighted by Gasteiger charge is 2.28. The normalized spacial score (nSPS) is 15.6.